The standard InChI is InChI=1S/C13H13N3O/c1-11-4-2-3-5-12(11)13(17)10-16(8-6-14)9-7-15/h2-5H,8-10H2,1H3. The molecule has 0 aliphatic rings. The minimum absolute atomic E-state index is 0.0615. The summed E-state index contributed by atoms with van der Waals surface area (Å²) in [5.74, 6) is -0.0615. The monoisotopic (exact) mass is 227 g/mol. The Hall–Kier alpha value is -2.17. The van der Waals surface area contributed by atoms with E-state index < -0.39 is 0 Å². The van der Waals surface area contributed by atoms with E-state index in [4.69, 9.17) is 10.5 Å². The van der Waals surface area contributed by atoms with Gasteiger partial charge in [-0.1, -0.05) is 24.3 Å². The molecule has 4 heteroatoms. The lowest BCUT2D eigenvalue weighted by atomic mass is 10.0. The predicted molar refractivity (Wildman–Crippen MR) is 63.2 cm³/mol. The summed E-state index contributed by atoms with van der Waals surface area (Å²) in [6, 6.07) is 11.2. The summed E-state index contributed by atoms with van der Waals surface area (Å²) in [5.41, 5.74) is 1.56. The number of carbonyl (C=O) groups is 1. The molecule has 1 rings (SSSR count). The van der Waals surface area contributed by atoms with Gasteiger partial charge < -0.3 is 0 Å². The van der Waals surface area contributed by atoms with Crippen molar-refractivity contribution in [3.05, 3.63) is 35.4 Å². The van der Waals surface area contributed by atoms with Gasteiger partial charge in [-0.05, 0) is 12.5 Å². The molecule has 1 aromatic rings. The fourth-order valence-corrected chi connectivity index (χ4v) is 1.54. The fraction of sp³-hybridized carbons (Fsp3) is 0.308. The van der Waals surface area contributed by atoms with Crippen molar-refractivity contribution in [1.29, 1.82) is 10.5 Å². The first-order valence-corrected chi connectivity index (χ1v) is 5.24. The molecule has 0 bridgehead atoms. The van der Waals surface area contributed by atoms with Gasteiger partial charge in [-0.2, -0.15) is 10.5 Å². The third-order valence-corrected chi connectivity index (χ3v) is 2.40. The van der Waals surface area contributed by atoms with Crippen LogP contribution in [-0.2, 0) is 0 Å². The largest absolute Gasteiger partial charge is 0.293 e. The molecular formula is C13H13N3O. The van der Waals surface area contributed by atoms with Crippen LogP contribution in [0.25, 0.3) is 0 Å². The van der Waals surface area contributed by atoms with Crippen LogP contribution in [-0.4, -0.2) is 30.3 Å². The highest BCUT2D eigenvalue weighted by atomic mass is 16.1. The highest BCUT2D eigenvalue weighted by Crippen LogP contribution is 2.08. The Balaban J connectivity index is 2.75. The first-order chi connectivity index (χ1) is 8.19. The van der Waals surface area contributed by atoms with E-state index in [-0.39, 0.29) is 25.4 Å². The van der Waals surface area contributed by atoms with Gasteiger partial charge in [-0.15, -0.1) is 0 Å². The Labute approximate surface area is 101 Å². The molecule has 17 heavy (non-hydrogen) atoms. The molecule has 0 spiro atoms. The number of hydrogen-bond acceptors (Lipinski definition) is 4. The lowest BCUT2D eigenvalue weighted by Gasteiger charge is -2.14. The van der Waals surface area contributed by atoms with Gasteiger partial charge in [0.2, 0.25) is 0 Å². The average molecular weight is 227 g/mol. The molecule has 0 heterocycles. The first-order valence-electron chi connectivity index (χ1n) is 5.24. The summed E-state index contributed by atoms with van der Waals surface area (Å²) < 4.78 is 0. The molecule has 86 valence electrons. The highest BCUT2D eigenvalue weighted by molar-refractivity contribution is 5.98. The average Bonchev–Trinajstić information content (AvgIpc) is 2.30. The van der Waals surface area contributed by atoms with E-state index in [2.05, 4.69) is 0 Å². The van der Waals surface area contributed by atoms with Crippen molar-refractivity contribution < 1.29 is 4.79 Å². The molecule has 0 N–H and O–H groups in total. The number of ketones is 1. The number of nitriles is 2. The van der Waals surface area contributed by atoms with E-state index in [1.807, 2.05) is 31.2 Å². The third kappa shape index (κ3) is 3.71. The normalized spacial score (nSPS) is 9.65. The Morgan fingerprint density at radius 3 is 2.35 bits per heavy atom. The molecule has 4 nitrogen and oxygen atoms in total. The van der Waals surface area contributed by atoms with Crippen LogP contribution in [0.1, 0.15) is 15.9 Å². The van der Waals surface area contributed by atoms with Crippen LogP contribution in [0, 0.1) is 29.6 Å². The summed E-state index contributed by atoms with van der Waals surface area (Å²) >= 11 is 0. The van der Waals surface area contributed by atoms with E-state index in [0.29, 0.717) is 5.56 Å². The van der Waals surface area contributed by atoms with Crippen LogP contribution in [0.3, 0.4) is 0 Å². The zero-order valence-corrected chi connectivity index (χ0v) is 9.68. The number of Topliss-reactive ketones (excluding diaryl/α,β-unsaturated/α-hetero) is 1. The zero-order chi connectivity index (χ0) is 12.7. The quantitative estimate of drug-likeness (QED) is 0.565. The summed E-state index contributed by atoms with van der Waals surface area (Å²) in [6.45, 7) is 2.15. The summed E-state index contributed by atoms with van der Waals surface area (Å²) in [7, 11) is 0. The second-order valence-electron chi connectivity index (χ2n) is 3.70. The van der Waals surface area contributed by atoms with Crippen molar-refractivity contribution >= 4 is 5.78 Å². The van der Waals surface area contributed by atoms with Crippen molar-refractivity contribution in [2.45, 2.75) is 6.92 Å². The third-order valence-electron chi connectivity index (χ3n) is 2.40. The zero-order valence-electron chi connectivity index (χ0n) is 9.68. The van der Waals surface area contributed by atoms with E-state index >= 15 is 0 Å². The molecule has 0 aromatic heterocycles. The van der Waals surface area contributed by atoms with E-state index in [1.165, 1.54) is 4.90 Å². The number of hydrogen-bond donors (Lipinski definition) is 0. The number of aryl methyl sites for hydroxylation is 1. The molecule has 0 amide bonds. The summed E-state index contributed by atoms with van der Waals surface area (Å²) in [6.07, 6.45) is 0. The maximum absolute atomic E-state index is 12.0. The Bertz CT molecular complexity index is 466. The second-order valence-corrected chi connectivity index (χ2v) is 3.70. The smallest absolute Gasteiger partial charge is 0.177 e. The van der Waals surface area contributed by atoms with E-state index in [9.17, 15) is 4.79 Å². The van der Waals surface area contributed by atoms with E-state index in [1.54, 1.807) is 12.1 Å². The Kier molecular flexibility index (Phi) is 4.87. The number of carbonyl (C=O) groups excluding carboxylic acids is 1. The van der Waals surface area contributed by atoms with Gasteiger partial charge in [0.25, 0.3) is 0 Å². The van der Waals surface area contributed by atoms with Gasteiger partial charge in [-0.25, -0.2) is 0 Å². The van der Waals surface area contributed by atoms with Gasteiger partial charge in [0, 0.05) is 5.56 Å². The van der Waals surface area contributed by atoms with Crippen LogP contribution in [0.4, 0.5) is 0 Å². The summed E-state index contributed by atoms with van der Waals surface area (Å²) in [4.78, 5) is 13.5. The highest BCUT2D eigenvalue weighted by Gasteiger charge is 2.13. The van der Waals surface area contributed by atoms with Crippen LogP contribution >= 0.6 is 0 Å². The lowest BCUT2D eigenvalue weighted by molar-refractivity contribution is 0.0945. The number of nitrogens with zero attached hydrogens (tertiary/aromatic N) is 3. The maximum Gasteiger partial charge on any atom is 0.177 e. The van der Waals surface area contributed by atoms with Gasteiger partial charge in [0.05, 0.1) is 31.8 Å². The topological polar surface area (TPSA) is 67.9 Å². The molecule has 0 radical (unpaired) electrons. The molecule has 0 unspecified atom stereocenters. The molecule has 1 aromatic carbocycles. The predicted octanol–water partition coefficient (Wildman–Crippen LogP) is 1.53. The van der Waals surface area contributed by atoms with Crippen molar-refractivity contribution in [2.24, 2.45) is 0 Å². The van der Waals surface area contributed by atoms with E-state index in [0.717, 1.165) is 5.56 Å². The lowest BCUT2D eigenvalue weighted by Crippen LogP contribution is -2.31. The van der Waals surface area contributed by atoms with Gasteiger partial charge in [0.15, 0.2) is 5.78 Å². The van der Waals surface area contributed by atoms with Crippen molar-refractivity contribution in [2.75, 3.05) is 19.6 Å². The van der Waals surface area contributed by atoms with Crippen LogP contribution in [0.2, 0.25) is 0 Å². The van der Waals surface area contributed by atoms with Gasteiger partial charge >= 0.3 is 0 Å². The molecule has 0 saturated carbocycles. The Morgan fingerprint density at radius 2 is 1.82 bits per heavy atom. The van der Waals surface area contributed by atoms with Crippen LogP contribution < -0.4 is 0 Å². The minimum atomic E-state index is -0.0615. The van der Waals surface area contributed by atoms with Crippen molar-refractivity contribution in [3.63, 3.8) is 0 Å². The van der Waals surface area contributed by atoms with Gasteiger partial charge in [-0.3, -0.25) is 9.69 Å². The molecule has 0 aliphatic carbocycles. The van der Waals surface area contributed by atoms with Crippen LogP contribution in [0.15, 0.2) is 24.3 Å². The minimum Gasteiger partial charge on any atom is -0.293 e. The molecule has 0 saturated heterocycles. The molecular weight excluding hydrogens is 214 g/mol. The van der Waals surface area contributed by atoms with Crippen molar-refractivity contribution in [1.82, 2.24) is 4.90 Å². The number of rotatable bonds is 5. The maximum atomic E-state index is 12.0. The molecule has 0 fully saturated rings. The fourth-order valence-electron chi connectivity index (χ4n) is 1.54. The molecule has 0 aliphatic heterocycles. The SMILES string of the molecule is Cc1ccccc1C(=O)CN(CC#N)CC#N. The second kappa shape index (κ2) is 6.42. The number of benzene rings is 1. The van der Waals surface area contributed by atoms with Crippen LogP contribution in [0.5, 0.6) is 0 Å². The van der Waals surface area contributed by atoms with Crippen molar-refractivity contribution in [3.8, 4) is 12.1 Å². The summed E-state index contributed by atoms with van der Waals surface area (Å²) in [5, 5.41) is 17.2. The van der Waals surface area contributed by atoms with Gasteiger partial charge in [0.1, 0.15) is 0 Å². The molecule has 0 atom stereocenters. The Morgan fingerprint density at radius 1 is 1.24 bits per heavy atom. The first kappa shape index (κ1) is 12.9.